The van der Waals surface area contributed by atoms with Crippen LogP contribution in [-0.2, 0) is 6.54 Å². The number of aliphatic hydroxyl groups excluding tert-OH is 2. The average molecular weight is 241 g/mol. The summed E-state index contributed by atoms with van der Waals surface area (Å²) >= 11 is 0. The van der Waals surface area contributed by atoms with Gasteiger partial charge in [0, 0.05) is 13.1 Å². The number of benzene rings is 1. The van der Waals surface area contributed by atoms with Crippen molar-refractivity contribution in [1.82, 2.24) is 5.32 Å². The number of hydrogen-bond acceptors (Lipinski definition) is 5. The number of aliphatic hydroxyl groups is 2. The summed E-state index contributed by atoms with van der Waals surface area (Å²) in [6, 6.07) is 5.62. The molecule has 1 aromatic carbocycles. The van der Waals surface area contributed by atoms with Gasteiger partial charge in [-0.1, -0.05) is 6.07 Å². The van der Waals surface area contributed by atoms with Gasteiger partial charge in [0.1, 0.15) is 0 Å². The van der Waals surface area contributed by atoms with Crippen molar-refractivity contribution in [1.29, 1.82) is 0 Å². The van der Waals surface area contributed by atoms with E-state index in [1.807, 2.05) is 18.2 Å². The molecule has 0 saturated carbocycles. The highest BCUT2D eigenvalue weighted by Crippen LogP contribution is 2.27. The molecule has 1 aromatic rings. The maximum atomic E-state index is 9.16. The molecule has 96 valence electrons. The first-order valence-corrected chi connectivity index (χ1v) is 5.41. The van der Waals surface area contributed by atoms with Gasteiger partial charge in [-0.05, 0) is 17.7 Å². The van der Waals surface area contributed by atoms with E-state index < -0.39 is 6.10 Å². The molecule has 0 unspecified atom stereocenters. The summed E-state index contributed by atoms with van der Waals surface area (Å²) in [5, 5.41) is 20.9. The van der Waals surface area contributed by atoms with Crippen molar-refractivity contribution in [2.75, 3.05) is 27.4 Å². The second-order valence-electron chi connectivity index (χ2n) is 3.66. The molecule has 0 radical (unpaired) electrons. The normalized spacial score (nSPS) is 12.2. The third-order valence-corrected chi connectivity index (χ3v) is 2.37. The van der Waals surface area contributed by atoms with E-state index in [0.717, 1.165) is 5.56 Å². The SMILES string of the molecule is COc1ccc(CNC[C@@H](O)CO)cc1OC. The van der Waals surface area contributed by atoms with E-state index >= 15 is 0 Å². The highest BCUT2D eigenvalue weighted by molar-refractivity contribution is 5.42. The van der Waals surface area contributed by atoms with E-state index in [2.05, 4.69) is 5.32 Å². The molecule has 0 aliphatic heterocycles. The van der Waals surface area contributed by atoms with Crippen LogP contribution in [0.1, 0.15) is 5.56 Å². The minimum atomic E-state index is -0.727. The summed E-state index contributed by atoms with van der Waals surface area (Å²) in [5.74, 6) is 1.36. The highest BCUT2D eigenvalue weighted by Gasteiger charge is 2.05. The van der Waals surface area contributed by atoms with Crippen molar-refractivity contribution in [3.63, 3.8) is 0 Å². The summed E-state index contributed by atoms with van der Waals surface area (Å²) in [4.78, 5) is 0. The van der Waals surface area contributed by atoms with Crippen molar-refractivity contribution in [2.45, 2.75) is 12.6 Å². The van der Waals surface area contributed by atoms with Gasteiger partial charge < -0.3 is 25.0 Å². The number of ether oxygens (including phenoxy) is 2. The zero-order valence-electron chi connectivity index (χ0n) is 10.1. The quantitative estimate of drug-likeness (QED) is 0.633. The molecule has 0 bridgehead atoms. The summed E-state index contributed by atoms with van der Waals surface area (Å²) in [6.07, 6.45) is -0.727. The Balaban J connectivity index is 2.54. The molecule has 0 spiro atoms. The fourth-order valence-corrected chi connectivity index (χ4v) is 1.44. The Hall–Kier alpha value is -1.30. The monoisotopic (exact) mass is 241 g/mol. The topological polar surface area (TPSA) is 71.0 Å². The van der Waals surface area contributed by atoms with E-state index in [0.29, 0.717) is 24.6 Å². The predicted molar refractivity (Wildman–Crippen MR) is 64.3 cm³/mol. The number of rotatable bonds is 7. The first kappa shape index (κ1) is 13.8. The lowest BCUT2D eigenvalue weighted by Gasteiger charge is -2.11. The molecule has 0 amide bonds. The van der Waals surface area contributed by atoms with E-state index in [9.17, 15) is 0 Å². The standard InChI is InChI=1S/C12H19NO4/c1-16-11-4-3-9(5-12(11)17-2)6-13-7-10(15)8-14/h3-5,10,13-15H,6-8H2,1-2H3/t10-/m1/s1. The summed E-state index contributed by atoms with van der Waals surface area (Å²) in [7, 11) is 3.18. The van der Waals surface area contributed by atoms with Crippen LogP contribution in [0.25, 0.3) is 0 Å². The maximum absolute atomic E-state index is 9.16. The largest absolute Gasteiger partial charge is 0.493 e. The minimum absolute atomic E-state index is 0.237. The van der Waals surface area contributed by atoms with Gasteiger partial charge in [-0.2, -0.15) is 0 Å². The number of methoxy groups -OCH3 is 2. The van der Waals surface area contributed by atoms with Gasteiger partial charge in [0.15, 0.2) is 11.5 Å². The van der Waals surface area contributed by atoms with Crippen LogP contribution in [0.2, 0.25) is 0 Å². The smallest absolute Gasteiger partial charge is 0.161 e. The lowest BCUT2D eigenvalue weighted by molar-refractivity contribution is 0.0942. The lowest BCUT2D eigenvalue weighted by Crippen LogP contribution is -2.28. The second-order valence-corrected chi connectivity index (χ2v) is 3.66. The molecule has 0 aliphatic rings. The van der Waals surface area contributed by atoms with E-state index in [-0.39, 0.29) is 6.61 Å². The van der Waals surface area contributed by atoms with Gasteiger partial charge in [-0.3, -0.25) is 0 Å². The van der Waals surface area contributed by atoms with E-state index in [4.69, 9.17) is 19.7 Å². The maximum Gasteiger partial charge on any atom is 0.161 e. The van der Waals surface area contributed by atoms with Crippen LogP contribution in [0.5, 0.6) is 11.5 Å². The van der Waals surface area contributed by atoms with Gasteiger partial charge in [0.25, 0.3) is 0 Å². The van der Waals surface area contributed by atoms with Gasteiger partial charge >= 0.3 is 0 Å². The highest BCUT2D eigenvalue weighted by atomic mass is 16.5. The first-order chi connectivity index (χ1) is 8.21. The average Bonchev–Trinajstić information content (AvgIpc) is 2.38. The molecule has 0 aliphatic carbocycles. The van der Waals surface area contributed by atoms with Crippen LogP contribution >= 0.6 is 0 Å². The Kier molecular flexibility index (Phi) is 5.76. The molecule has 5 heteroatoms. The van der Waals surface area contributed by atoms with Crippen molar-refractivity contribution in [3.8, 4) is 11.5 Å². The first-order valence-electron chi connectivity index (χ1n) is 5.41. The Morgan fingerprint density at radius 2 is 1.94 bits per heavy atom. The van der Waals surface area contributed by atoms with Gasteiger partial charge in [-0.25, -0.2) is 0 Å². The van der Waals surface area contributed by atoms with Crippen LogP contribution < -0.4 is 14.8 Å². The predicted octanol–water partition coefficient (Wildman–Crippen LogP) is 0.147. The molecule has 0 saturated heterocycles. The third kappa shape index (κ3) is 4.22. The van der Waals surface area contributed by atoms with Gasteiger partial charge in [-0.15, -0.1) is 0 Å². The molecular formula is C12H19NO4. The minimum Gasteiger partial charge on any atom is -0.493 e. The molecule has 0 fully saturated rings. The van der Waals surface area contributed by atoms with Crippen LogP contribution in [0.3, 0.4) is 0 Å². The second kappa shape index (κ2) is 7.11. The molecule has 3 N–H and O–H groups in total. The summed E-state index contributed by atoms with van der Waals surface area (Å²) in [5.41, 5.74) is 1.02. The van der Waals surface area contributed by atoms with Crippen molar-refractivity contribution >= 4 is 0 Å². The van der Waals surface area contributed by atoms with Crippen molar-refractivity contribution < 1.29 is 19.7 Å². The van der Waals surface area contributed by atoms with Crippen LogP contribution in [-0.4, -0.2) is 43.7 Å². The summed E-state index contributed by atoms with van der Waals surface area (Å²) < 4.78 is 10.3. The van der Waals surface area contributed by atoms with Gasteiger partial charge in [0.2, 0.25) is 0 Å². The lowest BCUT2D eigenvalue weighted by atomic mass is 10.2. The molecule has 1 atom stereocenters. The van der Waals surface area contributed by atoms with Crippen molar-refractivity contribution in [2.24, 2.45) is 0 Å². The Bertz CT molecular complexity index is 343. The Morgan fingerprint density at radius 1 is 1.24 bits per heavy atom. The Morgan fingerprint density at radius 3 is 2.53 bits per heavy atom. The molecule has 0 heterocycles. The third-order valence-electron chi connectivity index (χ3n) is 2.37. The zero-order chi connectivity index (χ0) is 12.7. The molecule has 5 nitrogen and oxygen atoms in total. The van der Waals surface area contributed by atoms with Crippen LogP contribution in [0, 0.1) is 0 Å². The number of hydrogen-bond donors (Lipinski definition) is 3. The van der Waals surface area contributed by atoms with E-state index in [1.54, 1.807) is 14.2 Å². The molecule has 1 rings (SSSR count). The van der Waals surface area contributed by atoms with E-state index in [1.165, 1.54) is 0 Å². The molecule has 17 heavy (non-hydrogen) atoms. The molecular weight excluding hydrogens is 222 g/mol. The zero-order valence-corrected chi connectivity index (χ0v) is 10.1. The fourth-order valence-electron chi connectivity index (χ4n) is 1.44. The number of nitrogens with one attached hydrogen (secondary N) is 1. The van der Waals surface area contributed by atoms with Gasteiger partial charge in [0.05, 0.1) is 26.9 Å². The fraction of sp³-hybridized carbons (Fsp3) is 0.500. The molecule has 0 aromatic heterocycles. The Labute approximate surface area is 101 Å². The van der Waals surface area contributed by atoms with Crippen LogP contribution in [0.15, 0.2) is 18.2 Å². The van der Waals surface area contributed by atoms with Crippen LogP contribution in [0.4, 0.5) is 0 Å². The summed E-state index contributed by atoms with van der Waals surface area (Å²) in [6.45, 7) is 0.710. The van der Waals surface area contributed by atoms with Crippen molar-refractivity contribution in [3.05, 3.63) is 23.8 Å².